The second-order valence-corrected chi connectivity index (χ2v) is 8.44. The number of sulfonamides is 1. The molecule has 0 atom stereocenters. The monoisotopic (exact) mass is 381 g/mol. The van der Waals surface area contributed by atoms with Crippen molar-refractivity contribution < 1.29 is 13.2 Å². The van der Waals surface area contributed by atoms with Gasteiger partial charge < -0.3 is 4.74 Å². The van der Waals surface area contributed by atoms with Gasteiger partial charge in [0, 0.05) is 30.5 Å². The normalized spacial score (nSPS) is 16.7. The molecular formula is C17H20ClN3O3S. The highest BCUT2D eigenvalue weighted by Gasteiger charge is 2.30. The minimum absolute atomic E-state index is 0.285. The first-order valence-electron chi connectivity index (χ1n) is 8.13. The molecule has 0 N–H and O–H groups in total. The molecule has 1 saturated heterocycles. The molecular weight excluding hydrogens is 362 g/mol. The average Bonchev–Trinajstić information content (AvgIpc) is 2.63. The molecule has 0 bridgehead atoms. The summed E-state index contributed by atoms with van der Waals surface area (Å²) in [6.45, 7) is 3.22. The van der Waals surface area contributed by atoms with Crippen molar-refractivity contribution in [2.45, 2.75) is 24.7 Å². The third-order valence-electron chi connectivity index (χ3n) is 4.33. The van der Waals surface area contributed by atoms with Crippen molar-refractivity contribution >= 4 is 21.6 Å². The number of ether oxygens (including phenoxy) is 1. The first-order chi connectivity index (χ1) is 12.0. The van der Waals surface area contributed by atoms with Gasteiger partial charge in [0.05, 0.1) is 11.5 Å². The van der Waals surface area contributed by atoms with Gasteiger partial charge in [0.2, 0.25) is 10.0 Å². The molecule has 0 aliphatic carbocycles. The minimum atomic E-state index is -3.52. The van der Waals surface area contributed by atoms with Crippen molar-refractivity contribution in [2.75, 3.05) is 19.7 Å². The van der Waals surface area contributed by atoms with Crippen molar-refractivity contribution in [2.24, 2.45) is 5.92 Å². The summed E-state index contributed by atoms with van der Waals surface area (Å²) in [5.74, 6) is 0.288. The van der Waals surface area contributed by atoms with Crippen LogP contribution in [0.15, 0.2) is 41.6 Å². The first kappa shape index (κ1) is 18.1. The Bertz CT molecular complexity index is 822. The number of benzene rings is 1. The van der Waals surface area contributed by atoms with E-state index in [-0.39, 0.29) is 10.8 Å². The molecule has 0 saturated carbocycles. The number of piperidine rings is 1. The van der Waals surface area contributed by atoms with Crippen LogP contribution in [0.2, 0.25) is 5.02 Å². The van der Waals surface area contributed by atoms with Gasteiger partial charge in [0.1, 0.15) is 0 Å². The fourth-order valence-corrected chi connectivity index (χ4v) is 4.82. The summed E-state index contributed by atoms with van der Waals surface area (Å²) >= 11 is 5.97. The molecule has 134 valence electrons. The second kappa shape index (κ2) is 7.68. The highest BCUT2D eigenvalue weighted by molar-refractivity contribution is 7.89. The van der Waals surface area contributed by atoms with Crippen molar-refractivity contribution in [1.29, 1.82) is 0 Å². The fraction of sp³-hybridized carbons (Fsp3) is 0.412. The average molecular weight is 382 g/mol. The molecule has 0 unspecified atom stereocenters. The zero-order valence-corrected chi connectivity index (χ0v) is 15.5. The number of hydrogen-bond acceptors (Lipinski definition) is 5. The lowest BCUT2D eigenvalue weighted by molar-refractivity contribution is 0.176. The van der Waals surface area contributed by atoms with E-state index in [0.717, 1.165) is 12.8 Å². The van der Waals surface area contributed by atoms with Crippen LogP contribution >= 0.6 is 11.6 Å². The molecule has 2 heterocycles. The summed E-state index contributed by atoms with van der Waals surface area (Å²) in [5.41, 5.74) is 0.705. The highest BCUT2D eigenvalue weighted by Crippen LogP contribution is 2.27. The van der Waals surface area contributed by atoms with E-state index in [9.17, 15) is 8.42 Å². The summed E-state index contributed by atoms with van der Waals surface area (Å²) in [5, 5.41) is 0.426. The van der Waals surface area contributed by atoms with E-state index < -0.39 is 10.0 Å². The predicted octanol–water partition coefficient (Wildman–Crippen LogP) is 2.92. The Kier molecular flexibility index (Phi) is 5.56. The molecule has 1 aromatic heterocycles. The number of rotatable bonds is 5. The molecule has 0 spiro atoms. The lowest BCUT2D eigenvalue weighted by atomic mass is 9.99. The van der Waals surface area contributed by atoms with Gasteiger partial charge in [-0.2, -0.15) is 4.31 Å². The topological polar surface area (TPSA) is 72.4 Å². The summed E-state index contributed by atoms with van der Waals surface area (Å²) in [4.78, 5) is 8.33. The quantitative estimate of drug-likeness (QED) is 0.796. The molecule has 0 amide bonds. The Balaban J connectivity index is 1.60. The van der Waals surface area contributed by atoms with Crippen LogP contribution in [0.1, 0.15) is 18.4 Å². The summed E-state index contributed by atoms with van der Waals surface area (Å²) in [6.07, 6.45) is 4.74. The molecule has 1 aromatic carbocycles. The van der Waals surface area contributed by atoms with Gasteiger partial charge in [-0.05, 0) is 49.4 Å². The van der Waals surface area contributed by atoms with E-state index >= 15 is 0 Å². The van der Waals surface area contributed by atoms with Crippen LogP contribution in [0.5, 0.6) is 6.01 Å². The van der Waals surface area contributed by atoms with E-state index in [2.05, 4.69) is 9.97 Å². The molecule has 25 heavy (non-hydrogen) atoms. The SMILES string of the molecule is Cc1ccc(Cl)cc1S(=O)(=O)N1CCC(COc2ncccn2)CC1. The molecule has 2 aromatic rings. The Morgan fingerprint density at radius 2 is 1.92 bits per heavy atom. The molecule has 1 aliphatic rings. The van der Waals surface area contributed by atoms with E-state index in [1.165, 1.54) is 10.4 Å². The number of aromatic nitrogens is 2. The van der Waals surface area contributed by atoms with Crippen molar-refractivity contribution in [3.8, 4) is 6.01 Å². The summed E-state index contributed by atoms with van der Waals surface area (Å²) in [6, 6.07) is 7.04. The molecule has 1 aliphatic heterocycles. The first-order valence-corrected chi connectivity index (χ1v) is 9.95. The van der Waals surface area contributed by atoms with Gasteiger partial charge in [-0.3, -0.25) is 0 Å². The lowest BCUT2D eigenvalue weighted by Crippen LogP contribution is -2.39. The molecule has 1 fully saturated rings. The van der Waals surface area contributed by atoms with Gasteiger partial charge >= 0.3 is 6.01 Å². The lowest BCUT2D eigenvalue weighted by Gasteiger charge is -2.31. The number of halogens is 1. The number of hydrogen-bond donors (Lipinski definition) is 0. The fourth-order valence-electron chi connectivity index (χ4n) is 2.86. The maximum Gasteiger partial charge on any atom is 0.316 e. The van der Waals surface area contributed by atoms with Gasteiger partial charge in [-0.15, -0.1) is 0 Å². The Morgan fingerprint density at radius 1 is 1.24 bits per heavy atom. The second-order valence-electron chi connectivity index (χ2n) is 6.10. The van der Waals surface area contributed by atoms with Gasteiger partial charge in [-0.1, -0.05) is 17.7 Å². The van der Waals surface area contributed by atoms with Crippen molar-refractivity contribution in [3.63, 3.8) is 0 Å². The molecule has 6 nitrogen and oxygen atoms in total. The zero-order valence-electron chi connectivity index (χ0n) is 13.9. The third-order valence-corrected chi connectivity index (χ3v) is 6.61. The minimum Gasteiger partial charge on any atom is -0.463 e. The Labute approximate surface area is 152 Å². The van der Waals surface area contributed by atoms with E-state index in [0.29, 0.717) is 36.3 Å². The zero-order chi connectivity index (χ0) is 17.9. The highest BCUT2D eigenvalue weighted by atomic mass is 35.5. The molecule has 0 radical (unpaired) electrons. The van der Waals surface area contributed by atoms with Crippen LogP contribution in [-0.4, -0.2) is 42.4 Å². The van der Waals surface area contributed by atoms with Crippen molar-refractivity contribution in [1.82, 2.24) is 14.3 Å². The van der Waals surface area contributed by atoms with Gasteiger partial charge in [-0.25, -0.2) is 18.4 Å². The van der Waals surface area contributed by atoms with Crippen LogP contribution in [-0.2, 0) is 10.0 Å². The number of aryl methyl sites for hydroxylation is 1. The van der Waals surface area contributed by atoms with Crippen LogP contribution in [0.25, 0.3) is 0 Å². The summed E-state index contributed by atoms with van der Waals surface area (Å²) < 4.78 is 32.8. The Morgan fingerprint density at radius 3 is 2.60 bits per heavy atom. The van der Waals surface area contributed by atoms with E-state index in [4.69, 9.17) is 16.3 Å². The van der Waals surface area contributed by atoms with Crippen LogP contribution in [0, 0.1) is 12.8 Å². The molecule has 8 heteroatoms. The maximum atomic E-state index is 12.9. The predicted molar refractivity (Wildman–Crippen MR) is 95.2 cm³/mol. The van der Waals surface area contributed by atoms with E-state index in [1.807, 2.05) is 0 Å². The number of nitrogens with zero attached hydrogens (tertiary/aromatic N) is 3. The standard InChI is InChI=1S/C17H20ClN3O3S/c1-13-3-4-15(18)11-16(13)25(22,23)21-9-5-14(6-10-21)12-24-17-19-7-2-8-20-17/h2-4,7-8,11,14H,5-6,9-10,12H2,1H3. The molecule has 3 rings (SSSR count). The summed E-state index contributed by atoms with van der Waals surface area (Å²) in [7, 11) is -3.52. The maximum absolute atomic E-state index is 12.9. The van der Waals surface area contributed by atoms with Crippen LogP contribution in [0.3, 0.4) is 0 Å². The van der Waals surface area contributed by atoms with Gasteiger partial charge in [0.15, 0.2) is 0 Å². The van der Waals surface area contributed by atoms with Crippen LogP contribution in [0.4, 0.5) is 0 Å². The van der Waals surface area contributed by atoms with E-state index in [1.54, 1.807) is 37.5 Å². The van der Waals surface area contributed by atoms with Gasteiger partial charge in [0.25, 0.3) is 0 Å². The van der Waals surface area contributed by atoms with Crippen molar-refractivity contribution in [3.05, 3.63) is 47.2 Å². The van der Waals surface area contributed by atoms with Crippen LogP contribution < -0.4 is 4.74 Å². The largest absolute Gasteiger partial charge is 0.463 e. The smallest absolute Gasteiger partial charge is 0.316 e. The third kappa shape index (κ3) is 4.29. The Hall–Kier alpha value is -1.70.